The van der Waals surface area contributed by atoms with E-state index in [4.69, 9.17) is 0 Å². The summed E-state index contributed by atoms with van der Waals surface area (Å²) in [6, 6.07) is 9.63. The average Bonchev–Trinajstić information content (AvgIpc) is 3.28. The van der Waals surface area contributed by atoms with Crippen molar-refractivity contribution in [3.63, 3.8) is 0 Å². The number of Topliss-reactive ketones (excluding diaryl/α,β-unsaturated/α-hetero) is 1. The normalized spacial score (nSPS) is 15.2. The van der Waals surface area contributed by atoms with E-state index < -0.39 is 0 Å². The molecule has 0 aliphatic heterocycles. The van der Waals surface area contributed by atoms with E-state index in [0.717, 1.165) is 17.7 Å². The topological polar surface area (TPSA) is 103 Å². The quantitative estimate of drug-likeness (QED) is 0.668. The van der Waals surface area contributed by atoms with Crippen LogP contribution in [-0.4, -0.2) is 36.9 Å². The zero-order chi connectivity index (χ0) is 20.4. The standard InChI is InChI=1S/C20H22N6O2S/c1-20(2)11-14-17(15(27)12-20)29-19(21-14)22-16(28)9-6-10-26-24-18(23-25-26)13-7-4-3-5-8-13/h3-5,7-8H,6,9-12H2,1-2H3,(H,21,22,28). The summed E-state index contributed by atoms with van der Waals surface area (Å²) in [6.07, 6.45) is 2.16. The molecular formula is C20H22N6O2S. The maximum absolute atomic E-state index is 12.3. The van der Waals surface area contributed by atoms with Gasteiger partial charge in [0.05, 0.1) is 17.1 Å². The zero-order valence-electron chi connectivity index (χ0n) is 16.4. The van der Waals surface area contributed by atoms with Crippen LogP contribution in [0.2, 0.25) is 0 Å². The summed E-state index contributed by atoms with van der Waals surface area (Å²) in [5, 5.41) is 15.7. The first-order chi connectivity index (χ1) is 13.9. The Morgan fingerprint density at radius 1 is 1.24 bits per heavy atom. The van der Waals surface area contributed by atoms with E-state index in [0.29, 0.717) is 41.6 Å². The van der Waals surface area contributed by atoms with Crippen LogP contribution in [0.25, 0.3) is 11.4 Å². The molecule has 1 aliphatic rings. The number of benzene rings is 1. The van der Waals surface area contributed by atoms with E-state index in [-0.39, 0.29) is 17.1 Å². The molecule has 0 radical (unpaired) electrons. The fourth-order valence-corrected chi connectivity index (χ4v) is 4.31. The first-order valence-corrected chi connectivity index (χ1v) is 10.4. The Hall–Kier alpha value is -2.94. The Morgan fingerprint density at radius 3 is 2.83 bits per heavy atom. The van der Waals surface area contributed by atoms with Gasteiger partial charge in [-0.05, 0) is 23.5 Å². The van der Waals surface area contributed by atoms with Gasteiger partial charge in [-0.25, -0.2) is 4.98 Å². The van der Waals surface area contributed by atoms with Gasteiger partial charge in [0, 0.05) is 18.4 Å². The Kier molecular flexibility index (Phi) is 5.23. The Morgan fingerprint density at radius 2 is 2.03 bits per heavy atom. The number of nitrogens with one attached hydrogen (secondary N) is 1. The van der Waals surface area contributed by atoms with Crippen LogP contribution in [0.1, 0.15) is 48.5 Å². The number of tetrazole rings is 1. The molecule has 9 heteroatoms. The van der Waals surface area contributed by atoms with E-state index in [1.54, 1.807) is 0 Å². The number of amides is 1. The number of carbonyl (C=O) groups excluding carboxylic acids is 2. The molecule has 1 aromatic carbocycles. The van der Waals surface area contributed by atoms with Crippen LogP contribution in [0.3, 0.4) is 0 Å². The van der Waals surface area contributed by atoms with Gasteiger partial charge in [-0.2, -0.15) is 4.80 Å². The highest BCUT2D eigenvalue weighted by Gasteiger charge is 2.34. The molecule has 0 unspecified atom stereocenters. The Balaban J connectivity index is 1.29. The van der Waals surface area contributed by atoms with Gasteiger partial charge >= 0.3 is 0 Å². The van der Waals surface area contributed by atoms with Crippen LogP contribution >= 0.6 is 11.3 Å². The highest BCUT2D eigenvalue weighted by molar-refractivity contribution is 7.17. The summed E-state index contributed by atoms with van der Waals surface area (Å²) < 4.78 is 0. The second-order valence-corrected chi connectivity index (χ2v) is 8.96. The highest BCUT2D eigenvalue weighted by atomic mass is 32.1. The average molecular weight is 411 g/mol. The van der Waals surface area contributed by atoms with Crippen molar-refractivity contribution in [1.29, 1.82) is 0 Å². The van der Waals surface area contributed by atoms with Crippen molar-refractivity contribution in [2.24, 2.45) is 5.41 Å². The first-order valence-electron chi connectivity index (χ1n) is 9.56. The maximum Gasteiger partial charge on any atom is 0.226 e. The van der Waals surface area contributed by atoms with Gasteiger partial charge in [-0.1, -0.05) is 55.5 Å². The van der Waals surface area contributed by atoms with Gasteiger partial charge < -0.3 is 5.32 Å². The molecule has 150 valence electrons. The fourth-order valence-electron chi connectivity index (χ4n) is 3.38. The van der Waals surface area contributed by atoms with E-state index in [1.165, 1.54) is 16.1 Å². The molecule has 1 aliphatic carbocycles. The molecule has 3 aromatic rings. The number of ketones is 1. The smallest absolute Gasteiger partial charge is 0.226 e. The number of nitrogens with zero attached hydrogens (tertiary/aromatic N) is 5. The van der Waals surface area contributed by atoms with Crippen molar-refractivity contribution in [2.45, 2.75) is 46.1 Å². The Bertz CT molecular complexity index is 1040. The Labute approximate surface area is 172 Å². The summed E-state index contributed by atoms with van der Waals surface area (Å²) in [6.45, 7) is 4.62. The molecule has 4 rings (SSSR count). The second kappa shape index (κ2) is 7.82. The summed E-state index contributed by atoms with van der Waals surface area (Å²) in [4.78, 5) is 31.2. The molecule has 0 spiro atoms. The molecule has 2 aromatic heterocycles. The van der Waals surface area contributed by atoms with Gasteiger partial charge in [0.25, 0.3) is 0 Å². The lowest BCUT2D eigenvalue weighted by atomic mass is 9.78. The number of anilines is 1. The lowest BCUT2D eigenvalue weighted by Gasteiger charge is -2.26. The molecule has 0 fully saturated rings. The van der Waals surface area contributed by atoms with Crippen molar-refractivity contribution in [3.05, 3.63) is 40.9 Å². The largest absolute Gasteiger partial charge is 0.302 e. The predicted octanol–water partition coefficient (Wildman–Crippen LogP) is 3.37. The molecule has 29 heavy (non-hydrogen) atoms. The lowest BCUT2D eigenvalue weighted by Crippen LogP contribution is -2.26. The van der Waals surface area contributed by atoms with E-state index in [1.807, 2.05) is 30.3 Å². The number of rotatable bonds is 6. The van der Waals surface area contributed by atoms with Crippen LogP contribution < -0.4 is 5.32 Å². The minimum atomic E-state index is -0.133. The summed E-state index contributed by atoms with van der Waals surface area (Å²) >= 11 is 1.27. The zero-order valence-corrected chi connectivity index (χ0v) is 17.2. The number of hydrogen-bond acceptors (Lipinski definition) is 7. The monoisotopic (exact) mass is 410 g/mol. The predicted molar refractivity (Wildman–Crippen MR) is 110 cm³/mol. The minimum Gasteiger partial charge on any atom is -0.302 e. The molecule has 2 heterocycles. The van der Waals surface area contributed by atoms with E-state index >= 15 is 0 Å². The number of aromatic nitrogens is 5. The number of carbonyl (C=O) groups is 2. The summed E-state index contributed by atoms with van der Waals surface area (Å²) in [5.41, 5.74) is 1.62. The summed E-state index contributed by atoms with van der Waals surface area (Å²) in [5.74, 6) is 0.544. The number of hydrogen-bond donors (Lipinski definition) is 1. The molecule has 0 saturated carbocycles. The van der Waals surface area contributed by atoms with Crippen LogP contribution in [0.4, 0.5) is 5.13 Å². The lowest BCUT2D eigenvalue weighted by molar-refractivity contribution is -0.116. The molecule has 8 nitrogen and oxygen atoms in total. The van der Waals surface area contributed by atoms with Crippen LogP contribution in [0.15, 0.2) is 30.3 Å². The minimum absolute atomic E-state index is 0.0805. The van der Waals surface area contributed by atoms with Gasteiger partial charge in [-0.15, -0.1) is 10.2 Å². The summed E-state index contributed by atoms with van der Waals surface area (Å²) in [7, 11) is 0. The first kappa shape index (κ1) is 19.4. The maximum atomic E-state index is 12.3. The van der Waals surface area contributed by atoms with Crippen molar-refractivity contribution >= 4 is 28.2 Å². The van der Waals surface area contributed by atoms with Gasteiger partial charge in [0.1, 0.15) is 0 Å². The van der Waals surface area contributed by atoms with Gasteiger partial charge in [0.2, 0.25) is 11.7 Å². The third kappa shape index (κ3) is 4.56. The van der Waals surface area contributed by atoms with Crippen LogP contribution in [0.5, 0.6) is 0 Å². The van der Waals surface area contributed by atoms with Gasteiger partial charge in [0.15, 0.2) is 10.9 Å². The van der Waals surface area contributed by atoms with Crippen molar-refractivity contribution in [3.8, 4) is 11.4 Å². The third-order valence-electron chi connectivity index (χ3n) is 4.73. The second-order valence-electron chi connectivity index (χ2n) is 7.96. The number of fused-ring (bicyclic) bond motifs is 1. The number of aryl methyl sites for hydroxylation is 1. The molecule has 0 saturated heterocycles. The third-order valence-corrected chi connectivity index (χ3v) is 5.78. The molecule has 0 bridgehead atoms. The van der Waals surface area contributed by atoms with Gasteiger partial charge in [-0.3, -0.25) is 9.59 Å². The molecule has 1 amide bonds. The van der Waals surface area contributed by atoms with Crippen molar-refractivity contribution < 1.29 is 9.59 Å². The van der Waals surface area contributed by atoms with Crippen molar-refractivity contribution in [1.82, 2.24) is 25.2 Å². The SMILES string of the molecule is CC1(C)CC(=O)c2sc(NC(=O)CCCn3nnc(-c4ccccc4)n3)nc2C1. The fraction of sp³-hybridized carbons (Fsp3) is 0.400. The molecule has 0 atom stereocenters. The van der Waals surface area contributed by atoms with Crippen LogP contribution in [-0.2, 0) is 17.8 Å². The van der Waals surface area contributed by atoms with E-state index in [9.17, 15) is 9.59 Å². The molecule has 1 N–H and O–H groups in total. The van der Waals surface area contributed by atoms with E-state index in [2.05, 4.69) is 39.6 Å². The van der Waals surface area contributed by atoms with Crippen LogP contribution in [0, 0.1) is 5.41 Å². The number of thiazole rings is 1. The molecular weight excluding hydrogens is 388 g/mol. The highest BCUT2D eigenvalue weighted by Crippen LogP contribution is 2.38. The van der Waals surface area contributed by atoms with Crippen molar-refractivity contribution in [2.75, 3.05) is 5.32 Å².